The van der Waals surface area contributed by atoms with Crippen molar-refractivity contribution in [2.45, 2.75) is 35.0 Å². The van der Waals surface area contributed by atoms with Crippen LogP contribution in [0.2, 0.25) is 0 Å². The fourth-order valence-corrected chi connectivity index (χ4v) is 4.93. The molecule has 0 aliphatic carbocycles. The number of aromatic nitrogens is 5. The van der Waals surface area contributed by atoms with Crippen molar-refractivity contribution in [3.05, 3.63) is 82.9 Å². The number of halogens is 2. The Kier molecular flexibility index (Phi) is 6.49. The zero-order valence-corrected chi connectivity index (χ0v) is 18.9. The van der Waals surface area contributed by atoms with E-state index < -0.39 is 29.1 Å². The van der Waals surface area contributed by atoms with Crippen LogP contribution in [0.1, 0.15) is 33.8 Å². The SMILES string of the molecule is C[C@@H](c1nc(Sc2ccc(C(N)=O)cc2)ns1)[C@](O)(Cn1cncn1)c1ccc(F)cc1F. The van der Waals surface area contributed by atoms with E-state index in [4.69, 9.17) is 5.73 Å². The quantitative estimate of drug-likeness (QED) is 0.390. The van der Waals surface area contributed by atoms with Crippen LogP contribution in [-0.2, 0) is 12.1 Å². The van der Waals surface area contributed by atoms with Crippen molar-refractivity contribution in [3.63, 3.8) is 0 Å². The maximum atomic E-state index is 14.7. The molecule has 3 N–H and O–H groups in total. The van der Waals surface area contributed by atoms with Crippen LogP contribution in [0.3, 0.4) is 0 Å². The molecule has 0 radical (unpaired) electrons. The predicted octanol–water partition coefficient (Wildman–Crippen LogP) is 3.35. The highest BCUT2D eigenvalue weighted by Gasteiger charge is 2.41. The van der Waals surface area contributed by atoms with Crippen LogP contribution in [0.5, 0.6) is 0 Å². The molecular weight excluding hydrogens is 470 g/mol. The van der Waals surface area contributed by atoms with Gasteiger partial charge in [0.2, 0.25) is 11.1 Å². The van der Waals surface area contributed by atoms with Crippen molar-refractivity contribution >= 4 is 29.2 Å². The maximum Gasteiger partial charge on any atom is 0.248 e. The lowest BCUT2D eigenvalue weighted by Gasteiger charge is -2.33. The highest BCUT2D eigenvalue weighted by atomic mass is 32.2. The van der Waals surface area contributed by atoms with E-state index in [-0.39, 0.29) is 12.1 Å². The van der Waals surface area contributed by atoms with Gasteiger partial charge in [-0.2, -0.15) is 9.47 Å². The van der Waals surface area contributed by atoms with Gasteiger partial charge in [-0.15, -0.1) is 0 Å². The molecule has 4 rings (SSSR count). The normalized spacial score (nSPS) is 14.1. The third-order valence-electron chi connectivity index (χ3n) is 5.13. The molecule has 0 fully saturated rings. The Hall–Kier alpha value is -3.22. The predicted molar refractivity (Wildman–Crippen MR) is 118 cm³/mol. The number of hydrogen-bond donors (Lipinski definition) is 2. The average Bonchev–Trinajstić information content (AvgIpc) is 3.45. The molecule has 0 aliphatic rings. The van der Waals surface area contributed by atoms with Gasteiger partial charge in [0.25, 0.3) is 0 Å². The Morgan fingerprint density at radius 3 is 2.67 bits per heavy atom. The van der Waals surface area contributed by atoms with Crippen LogP contribution in [0, 0.1) is 11.6 Å². The zero-order valence-electron chi connectivity index (χ0n) is 17.2. The molecule has 8 nitrogen and oxygen atoms in total. The van der Waals surface area contributed by atoms with Crippen molar-refractivity contribution in [3.8, 4) is 0 Å². The zero-order chi connectivity index (χ0) is 23.6. The summed E-state index contributed by atoms with van der Waals surface area (Å²) in [6, 6.07) is 9.70. The van der Waals surface area contributed by atoms with Crippen molar-refractivity contribution in [2.75, 3.05) is 0 Å². The lowest BCUT2D eigenvalue weighted by molar-refractivity contribution is -0.0113. The second-order valence-corrected chi connectivity index (χ2v) is 9.09. The number of carbonyl (C=O) groups is 1. The number of aliphatic hydroxyl groups is 1. The Morgan fingerprint density at radius 1 is 1.27 bits per heavy atom. The minimum absolute atomic E-state index is 0.0849. The van der Waals surface area contributed by atoms with Crippen LogP contribution in [0.4, 0.5) is 8.78 Å². The highest BCUT2D eigenvalue weighted by molar-refractivity contribution is 7.99. The molecule has 4 aromatic rings. The van der Waals surface area contributed by atoms with E-state index in [1.54, 1.807) is 31.2 Å². The summed E-state index contributed by atoms with van der Waals surface area (Å²) in [5.74, 6) is -2.86. The van der Waals surface area contributed by atoms with Crippen molar-refractivity contribution in [1.29, 1.82) is 0 Å². The summed E-state index contributed by atoms with van der Waals surface area (Å²) in [5, 5.41) is 16.6. The van der Waals surface area contributed by atoms with E-state index in [9.17, 15) is 18.7 Å². The molecule has 0 aliphatic heterocycles. The van der Waals surface area contributed by atoms with Gasteiger partial charge in [-0.05, 0) is 53.6 Å². The first-order chi connectivity index (χ1) is 15.8. The van der Waals surface area contributed by atoms with Crippen molar-refractivity contribution < 1.29 is 18.7 Å². The van der Waals surface area contributed by atoms with Gasteiger partial charge in [-0.1, -0.05) is 13.0 Å². The molecule has 1 amide bonds. The third-order valence-corrected chi connectivity index (χ3v) is 7.01. The Labute approximate surface area is 195 Å². The number of rotatable bonds is 8. The minimum Gasteiger partial charge on any atom is -0.382 e. The average molecular weight is 489 g/mol. The van der Waals surface area contributed by atoms with E-state index >= 15 is 0 Å². The third kappa shape index (κ3) is 4.92. The summed E-state index contributed by atoms with van der Waals surface area (Å²) >= 11 is 2.34. The molecule has 2 atom stereocenters. The summed E-state index contributed by atoms with van der Waals surface area (Å²) < 4.78 is 33.9. The van der Waals surface area contributed by atoms with E-state index in [1.807, 2.05) is 0 Å². The number of primary amides is 1. The van der Waals surface area contributed by atoms with E-state index in [0.29, 0.717) is 15.7 Å². The molecule has 0 spiro atoms. The summed E-state index contributed by atoms with van der Waals surface area (Å²) in [5.41, 5.74) is 3.75. The number of nitrogens with two attached hydrogens (primary N) is 1. The highest BCUT2D eigenvalue weighted by Crippen LogP contribution is 2.41. The molecule has 170 valence electrons. The van der Waals surface area contributed by atoms with Crippen LogP contribution in [0.15, 0.2) is 65.2 Å². The smallest absolute Gasteiger partial charge is 0.248 e. The standard InChI is InChI=1S/C21H18F2N6O2S2/c1-12(19-27-20(28-33-19)32-15-5-2-13(3-6-15)18(24)30)21(31,9-29-11-25-10-26-29)16-7-4-14(22)8-17(16)23/h2-8,10-12,31H,9H2,1H3,(H2,24,30)/t12-,21+/m0/s1. The summed E-state index contributed by atoms with van der Waals surface area (Å²) in [6.45, 7) is 1.56. The summed E-state index contributed by atoms with van der Waals surface area (Å²) in [6.07, 6.45) is 2.70. The monoisotopic (exact) mass is 488 g/mol. The molecule has 2 aromatic heterocycles. The molecule has 33 heavy (non-hydrogen) atoms. The van der Waals surface area contributed by atoms with Gasteiger partial charge in [-0.25, -0.2) is 23.4 Å². The van der Waals surface area contributed by atoms with Gasteiger partial charge < -0.3 is 10.8 Å². The van der Waals surface area contributed by atoms with Gasteiger partial charge in [0.1, 0.15) is 34.9 Å². The lowest BCUT2D eigenvalue weighted by Crippen LogP contribution is -2.38. The maximum absolute atomic E-state index is 14.7. The van der Waals surface area contributed by atoms with Crippen LogP contribution in [0.25, 0.3) is 0 Å². The van der Waals surface area contributed by atoms with Gasteiger partial charge in [-0.3, -0.25) is 4.79 Å². The van der Waals surface area contributed by atoms with Crippen LogP contribution in [-0.4, -0.2) is 35.1 Å². The Balaban J connectivity index is 1.63. The molecule has 0 saturated heterocycles. The number of carbonyl (C=O) groups excluding carboxylic acids is 1. The molecule has 2 heterocycles. The van der Waals surface area contributed by atoms with Crippen molar-refractivity contribution in [1.82, 2.24) is 24.1 Å². The molecule has 2 aromatic carbocycles. The van der Waals surface area contributed by atoms with Gasteiger partial charge >= 0.3 is 0 Å². The van der Waals surface area contributed by atoms with Crippen LogP contribution < -0.4 is 5.73 Å². The summed E-state index contributed by atoms with van der Waals surface area (Å²) in [4.78, 5) is 20.4. The molecular formula is C21H18F2N6O2S2. The number of amides is 1. The second-order valence-electron chi connectivity index (χ2n) is 7.27. The molecule has 0 unspecified atom stereocenters. The number of nitrogens with zero attached hydrogens (tertiary/aromatic N) is 5. The Bertz CT molecular complexity index is 1270. The van der Waals surface area contributed by atoms with Gasteiger partial charge in [0.05, 0.1) is 6.54 Å². The second kappa shape index (κ2) is 9.33. The fraction of sp³-hybridized carbons (Fsp3) is 0.190. The fourth-order valence-electron chi connectivity index (χ4n) is 3.29. The van der Waals surface area contributed by atoms with Gasteiger partial charge in [0, 0.05) is 28.0 Å². The molecule has 0 bridgehead atoms. The number of hydrogen-bond acceptors (Lipinski definition) is 8. The minimum atomic E-state index is -1.81. The molecule has 0 saturated carbocycles. The first-order valence-corrected chi connectivity index (χ1v) is 11.3. The largest absolute Gasteiger partial charge is 0.382 e. The first-order valence-electron chi connectivity index (χ1n) is 9.68. The lowest BCUT2D eigenvalue weighted by atomic mass is 9.82. The molecule has 12 heteroatoms. The van der Waals surface area contributed by atoms with Crippen LogP contribution >= 0.6 is 23.3 Å². The topological polar surface area (TPSA) is 120 Å². The van der Waals surface area contributed by atoms with Crippen molar-refractivity contribution in [2.24, 2.45) is 5.73 Å². The van der Waals surface area contributed by atoms with E-state index in [1.165, 1.54) is 35.2 Å². The summed E-state index contributed by atoms with van der Waals surface area (Å²) in [7, 11) is 0. The van der Waals surface area contributed by atoms with E-state index in [2.05, 4.69) is 19.4 Å². The number of benzene rings is 2. The van der Waals surface area contributed by atoms with Gasteiger partial charge in [0.15, 0.2) is 0 Å². The Morgan fingerprint density at radius 2 is 2.03 bits per heavy atom. The van der Waals surface area contributed by atoms with E-state index in [0.717, 1.165) is 28.6 Å². The first kappa shape index (κ1) is 23.0.